The molecule has 3 heteroatoms. The molecular weight excluding hydrogens is 164 g/mol. The Morgan fingerprint density at radius 2 is 2.31 bits per heavy atom. The first-order valence-corrected chi connectivity index (χ1v) is 4.78. The topological polar surface area (TPSA) is 44.9 Å². The number of aromatic nitrogens is 1. The van der Waals surface area contributed by atoms with E-state index >= 15 is 0 Å². The number of hydrogen-bond acceptors (Lipinski definition) is 2. The lowest BCUT2D eigenvalue weighted by Crippen LogP contribution is -2.28. The van der Waals surface area contributed by atoms with Crippen LogP contribution in [0.2, 0.25) is 0 Å². The monoisotopic (exact) mass is 178 g/mol. The Bertz CT molecular complexity index is 326. The molecule has 0 bridgehead atoms. The maximum atomic E-state index is 11.1. The second-order valence-corrected chi connectivity index (χ2v) is 3.48. The van der Waals surface area contributed by atoms with E-state index in [9.17, 15) is 4.79 Å². The molecule has 1 atom stereocenters. The molecule has 3 nitrogen and oxygen atoms in total. The molecule has 2 rings (SSSR count). The molecule has 0 spiro atoms. The van der Waals surface area contributed by atoms with Gasteiger partial charge in [0.2, 0.25) is 0 Å². The van der Waals surface area contributed by atoms with E-state index in [1.807, 2.05) is 0 Å². The van der Waals surface area contributed by atoms with E-state index in [1.165, 1.54) is 12.8 Å². The average molecular weight is 178 g/mol. The molecule has 0 aliphatic carbocycles. The van der Waals surface area contributed by atoms with Gasteiger partial charge in [0, 0.05) is 30.1 Å². The summed E-state index contributed by atoms with van der Waals surface area (Å²) in [5.74, 6) is 0. The van der Waals surface area contributed by atoms with Gasteiger partial charge in [0.15, 0.2) is 5.43 Å². The second-order valence-electron chi connectivity index (χ2n) is 3.48. The van der Waals surface area contributed by atoms with E-state index in [1.54, 1.807) is 18.3 Å². The first kappa shape index (κ1) is 8.51. The van der Waals surface area contributed by atoms with Crippen molar-refractivity contribution >= 4 is 0 Å². The van der Waals surface area contributed by atoms with Crippen molar-refractivity contribution < 1.29 is 0 Å². The maximum absolute atomic E-state index is 11.1. The van der Waals surface area contributed by atoms with E-state index in [4.69, 9.17) is 0 Å². The standard InChI is InChI=1S/C10H14N2O/c13-8-4-6-12-10(7-8)9-3-1-2-5-11-9/h4,6-7,9,11H,1-3,5H2,(H,12,13)/t9-/m1/s1. The van der Waals surface area contributed by atoms with E-state index < -0.39 is 0 Å². The third-order valence-electron chi connectivity index (χ3n) is 2.48. The van der Waals surface area contributed by atoms with Crippen molar-refractivity contribution in [2.45, 2.75) is 25.3 Å². The van der Waals surface area contributed by atoms with Crippen LogP contribution in [0.1, 0.15) is 31.0 Å². The van der Waals surface area contributed by atoms with Crippen LogP contribution in [0.5, 0.6) is 0 Å². The van der Waals surface area contributed by atoms with Gasteiger partial charge in [-0.15, -0.1) is 0 Å². The van der Waals surface area contributed by atoms with Gasteiger partial charge in [-0.25, -0.2) is 0 Å². The average Bonchev–Trinajstić information content (AvgIpc) is 2.19. The molecule has 2 heterocycles. The van der Waals surface area contributed by atoms with E-state index in [0.29, 0.717) is 6.04 Å². The molecule has 13 heavy (non-hydrogen) atoms. The van der Waals surface area contributed by atoms with E-state index in [0.717, 1.165) is 18.7 Å². The minimum absolute atomic E-state index is 0.0844. The molecule has 1 aromatic rings. The zero-order valence-corrected chi connectivity index (χ0v) is 7.55. The molecule has 0 unspecified atom stereocenters. The number of rotatable bonds is 1. The number of piperidine rings is 1. The van der Waals surface area contributed by atoms with Crippen molar-refractivity contribution in [2.75, 3.05) is 6.54 Å². The fraction of sp³-hybridized carbons (Fsp3) is 0.500. The zero-order chi connectivity index (χ0) is 9.10. The van der Waals surface area contributed by atoms with Crippen LogP contribution in [0.3, 0.4) is 0 Å². The summed E-state index contributed by atoms with van der Waals surface area (Å²) >= 11 is 0. The summed E-state index contributed by atoms with van der Waals surface area (Å²) < 4.78 is 0. The number of nitrogens with one attached hydrogen (secondary N) is 2. The molecule has 70 valence electrons. The summed E-state index contributed by atoms with van der Waals surface area (Å²) in [4.78, 5) is 14.2. The minimum Gasteiger partial charge on any atom is -0.363 e. The van der Waals surface area contributed by atoms with Gasteiger partial charge >= 0.3 is 0 Å². The van der Waals surface area contributed by atoms with E-state index in [2.05, 4.69) is 10.3 Å². The fourth-order valence-electron chi connectivity index (χ4n) is 1.78. The first-order chi connectivity index (χ1) is 6.36. The third-order valence-corrected chi connectivity index (χ3v) is 2.48. The summed E-state index contributed by atoms with van der Waals surface area (Å²) in [6.45, 7) is 1.06. The van der Waals surface area contributed by atoms with Crippen molar-refractivity contribution in [1.82, 2.24) is 10.3 Å². The molecule has 1 fully saturated rings. The quantitative estimate of drug-likeness (QED) is 0.678. The van der Waals surface area contributed by atoms with E-state index in [-0.39, 0.29) is 5.43 Å². The van der Waals surface area contributed by atoms with Crippen LogP contribution in [-0.4, -0.2) is 11.5 Å². The summed E-state index contributed by atoms with van der Waals surface area (Å²) in [5.41, 5.74) is 1.10. The molecule has 0 amide bonds. The van der Waals surface area contributed by atoms with Crippen LogP contribution in [0.15, 0.2) is 23.1 Å². The van der Waals surface area contributed by atoms with Crippen molar-refractivity contribution in [1.29, 1.82) is 0 Å². The lowest BCUT2D eigenvalue weighted by Gasteiger charge is -2.23. The van der Waals surface area contributed by atoms with Gasteiger partial charge in [0.05, 0.1) is 0 Å². The molecule has 1 saturated heterocycles. The molecule has 0 aromatic carbocycles. The molecule has 1 aliphatic heterocycles. The van der Waals surface area contributed by atoms with Gasteiger partial charge in [0.25, 0.3) is 0 Å². The fourth-order valence-corrected chi connectivity index (χ4v) is 1.78. The Hall–Kier alpha value is -1.09. The highest BCUT2D eigenvalue weighted by molar-refractivity contribution is 5.09. The lowest BCUT2D eigenvalue weighted by atomic mass is 10.0. The SMILES string of the molecule is O=c1cc[nH]c([C@H]2CCCCN2)c1. The molecule has 0 saturated carbocycles. The van der Waals surface area contributed by atoms with Crippen LogP contribution >= 0.6 is 0 Å². The van der Waals surface area contributed by atoms with Gasteiger partial charge < -0.3 is 10.3 Å². The second kappa shape index (κ2) is 3.75. The van der Waals surface area contributed by atoms with Crippen molar-refractivity contribution in [3.63, 3.8) is 0 Å². The predicted molar refractivity (Wildman–Crippen MR) is 51.7 cm³/mol. The van der Waals surface area contributed by atoms with Gasteiger partial charge in [-0.05, 0) is 19.4 Å². The molecule has 2 N–H and O–H groups in total. The number of hydrogen-bond donors (Lipinski definition) is 2. The van der Waals surface area contributed by atoms with Crippen LogP contribution in [0, 0.1) is 0 Å². The highest BCUT2D eigenvalue weighted by atomic mass is 16.1. The molecule has 1 aromatic heterocycles. The highest BCUT2D eigenvalue weighted by Gasteiger charge is 2.14. The van der Waals surface area contributed by atoms with Gasteiger partial charge in [-0.3, -0.25) is 4.79 Å². The Morgan fingerprint density at radius 3 is 3.00 bits per heavy atom. The normalized spacial score (nSPS) is 22.9. The predicted octanol–water partition coefficient (Wildman–Crippen LogP) is 1.19. The molecule has 0 radical (unpaired) electrons. The Labute approximate surface area is 77.2 Å². The van der Waals surface area contributed by atoms with Crippen LogP contribution < -0.4 is 10.7 Å². The van der Waals surface area contributed by atoms with Crippen LogP contribution in [-0.2, 0) is 0 Å². The third kappa shape index (κ3) is 1.98. The smallest absolute Gasteiger partial charge is 0.181 e. The lowest BCUT2D eigenvalue weighted by molar-refractivity contribution is 0.405. The van der Waals surface area contributed by atoms with Crippen molar-refractivity contribution in [3.05, 3.63) is 34.2 Å². The first-order valence-electron chi connectivity index (χ1n) is 4.78. The molecule has 1 aliphatic rings. The number of aromatic amines is 1. The summed E-state index contributed by atoms with van der Waals surface area (Å²) in [6, 6.07) is 3.58. The minimum atomic E-state index is 0.0844. The number of H-pyrrole nitrogens is 1. The largest absolute Gasteiger partial charge is 0.363 e. The van der Waals surface area contributed by atoms with Crippen LogP contribution in [0.4, 0.5) is 0 Å². The van der Waals surface area contributed by atoms with Crippen molar-refractivity contribution in [3.8, 4) is 0 Å². The number of pyridine rings is 1. The Balaban J connectivity index is 2.19. The van der Waals surface area contributed by atoms with Gasteiger partial charge in [-0.1, -0.05) is 6.42 Å². The summed E-state index contributed by atoms with van der Waals surface area (Å²) in [6.07, 6.45) is 5.33. The summed E-state index contributed by atoms with van der Waals surface area (Å²) in [5, 5.41) is 3.39. The Morgan fingerprint density at radius 1 is 1.38 bits per heavy atom. The van der Waals surface area contributed by atoms with Gasteiger partial charge in [-0.2, -0.15) is 0 Å². The van der Waals surface area contributed by atoms with Crippen molar-refractivity contribution in [2.24, 2.45) is 0 Å². The summed E-state index contributed by atoms with van der Waals surface area (Å²) in [7, 11) is 0. The van der Waals surface area contributed by atoms with Crippen LogP contribution in [0.25, 0.3) is 0 Å². The highest BCUT2D eigenvalue weighted by Crippen LogP contribution is 2.19. The maximum Gasteiger partial charge on any atom is 0.181 e. The molecular formula is C10H14N2O. The Kier molecular flexibility index (Phi) is 2.45. The zero-order valence-electron chi connectivity index (χ0n) is 7.55. The van der Waals surface area contributed by atoms with Gasteiger partial charge in [0.1, 0.15) is 0 Å².